The second kappa shape index (κ2) is 5.18. The van der Waals surface area contributed by atoms with E-state index in [-0.39, 0.29) is 11.9 Å². The van der Waals surface area contributed by atoms with Gasteiger partial charge < -0.3 is 10.6 Å². The molecule has 0 bridgehead atoms. The molecule has 16 heavy (non-hydrogen) atoms. The summed E-state index contributed by atoms with van der Waals surface area (Å²) in [4.78, 5) is 12.7. The van der Waals surface area contributed by atoms with Gasteiger partial charge in [0.15, 0.2) is 0 Å². The molecule has 1 unspecified atom stereocenters. The molecule has 0 aliphatic carbocycles. The topological polar surface area (TPSA) is 41.1 Å². The van der Waals surface area contributed by atoms with Crippen LogP contribution in [0.5, 0.6) is 0 Å². The predicted molar refractivity (Wildman–Crippen MR) is 67.9 cm³/mol. The van der Waals surface area contributed by atoms with E-state index in [1.165, 1.54) is 0 Å². The summed E-state index contributed by atoms with van der Waals surface area (Å²) in [6, 6.07) is 7.16. The third-order valence-corrected chi connectivity index (χ3v) is 2.72. The average molecular weight is 234 g/mol. The largest absolute Gasteiger partial charge is 0.324 e. The molecule has 2 rings (SSSR count). The van der Waals surface area contributed by atoms with Crippen molar-refractivity contribution in [3.8, 4) is 0 Å². The van der Waals surface area contributed by atoms with Crippen molar-refractivity contribution < 1.29 is 4.79 Å². The van der Waals surface area contributed by atoms with E-state index < -0.39 is 0 Å². The molecule has 0 fully saturated rings. The average Bonchev–Trinajstić information content (AvgIpc) is 2.33. The quantitative estimate of drug-likeness (QED) is 0.540. The molecule has 1 aliphatic rings. The molecule has 0 saturated heterocycles. The second-order valence-electron chi connectivity index (χ2n) is 3.68. The monoisotopic (exact) mass is 234 g/mol. The van der Waals surface area contributed by atoms with Gasteiger partial charge in [0.2, 0.25) is 5.91 Å². The number of hydrogen-bond donors (Lipinski definition) is 3. The molecular weight excluding hydrogens is 220 g/mol. The van der Waals surface area contributed by atoms with Crippen LogP contribution in [-0.4, -0.2) is 18.5 Å². The van der Waals surface area contributed by atoms with E-state index >= 15 is 0 Å². The van der Waals surface area contributed by atoms with Crippen molar-refractivity contribution in [3.05, 3.63) is 36.4 Å². The highest BCUT2D eigenvalue weighted by atomic mass is 32.1. The summed E-state index contributed by atoms with van der Waals surface area (Å²) < 4.78 is 0. The van der Waals surface area contributed by atoms with Gasteiger partial charge in [-0.25, -0.2) is 0 Å². The number of carbonyl (C=O) groups is 1. The zero-order valence-electron chi connectivity index (χ0n) is 8.81. The highest BCUT2D eigenvalue weighted by molar-refractivity contribution is 7.80. The van der Waals surface area contributed by atoms with E-state index in [1.54, 1.807) is 0 Å². The number of thiol groups is 1. The van der Waals surface area contributed by atoms with Crippen LogP contribution in [0.4, 0.5) is 5.69 Å². The molecule has 2 N–H and O–H groups in total. The van der Waals surface area contributed by atoms with Crippen LogP contribution in [-0.2, 0) is 4.79 Å². The Morgan fingerprint density at radius 3 is 2.75 bits per heavy atom. The van der Waals surface area contributed by atoms with E-state index in [0.717, 1.165) is 23.5 Å². The van der Waals surface area contributed by atoms with E-state index in [4.69, 9.17) is 0 Å². The first-order chi connectivity index (χ1) is 7.75. The Balaban J connectivity index is 1.98. The van der Waals surface area contributed by atoms with Gasteiger partial charge in [-0.15, -0.1) is 12.6 Å². The van der Waals surface area contributed by atoms with Crippen LogP contribution in [0.2, 0.25) is 0 Å². The first-order valence-corrected chi connectivity index (χ1v) is 5.70. The molecule has 1 amide bonds. The first kappa shape index (κ1) is 11.2. The standard InChI is InChI=1S/C12H14N2OS/c15-12(11-3-1-2-8-13-11)14-9-4-6-10(16)7-5-9/h1,3-7,11,13,16H,2,8H2,(H,14,15). The molecule has 0 saturated carbocycles. The molecule has 1 aliphatic heterocycles. The Labute approximate surface area is 100 Å². The summed E-state index contributed by atoms with van der Waals surface area (Å²) in [7, 11) is 0. The number of rotatable bonds is 2. The third kappa shape index (κ3) is 2.87. The van der Waals surface area contributed by atoms with Crippen LogP contribution in [0.25, 0.3) is 0 Å². The number of carbonyl (C=O) groups excluding carboxylic acids is 1. The van der Waals surface area contributed by atoms with Crippen LogP contribution in [0.3, 0.4) is 0 Å². The molecule has 1 heterocycles. The Bertz CT molecular complexity index is 400. The van der Waals surface area contributed by atoms with Crippen LogP contribution in [0.15, 0.2) is 41.3 Å². The lowest BCUT2D eigenvalue weighted by Gasteiger charge is -2.17. The lowest BCUT2D eigenvalue weighted by molar-refractivity contribution is -0.117. The number of amides is 1. The molecule has 0 aromatic heterocycles. The van der Waals surface area contributed by atoms with Crippen LogP contribution in [0, 0.1) is 0 Å². The highest BCUT2D eigenvalue weighted by Crippen LogP contribution is 2.12. The van der Waals surface area contributed by atoms with Crippen molar-refractivity contribution >= 4 is 24.2 Å². The van der Waals surface area contributed by atoms with Crippen molar-refractivity contribution in [2.24, 2.45) is 0 Å². The van der Waals surface area contributed by atoms with Gasteiger partial charge in [-0.3, -0.25) is 4.79 Å². The summed E-state index contributed by atoms with van der Waals surface area (Å²) >= 11 is 4.19. The normalized spacial score (nSPS) is 19.4. The molecule has 4 heteroatoms. The smallest absolute Gasteiger partial charge is 0.245 e. The summed E-state index contributed by atoms with van der Waals surface area (Å²) in [6.45, 7) is 0.851. The van der Waals surface area contributed by atoms with E-state index in [9.17, 15) is 4.79 Å². The van der Waals surface area contributed by atoms with Gasteiger partial charge in [0.1, 0.15) is 6.04 Å². The minimum absolute atomic E-state index is 0.0251. The van der Waals surface area contributed by atoms with Gasteiger partial charge >= 0.3 is 0 Å². The molecule has 84 valence electrons. The lowest BCUT2D eigenvalue weighted by Crippen LogP contribution is -2.41. The summed E-state index contributed by atoms with van der Waals surface area (Å²) in [5, 5.41) is 5.99. The van der Waals surface area contributed by atoms with Crippen molar-refractivity contribution in [1.29, 1.82) is 0 Å². The third-order valence-electron chi connectivity index (χ3n) is 2.42. The molecule has 3 nitrogen and oxygen atoms in total. The van der Waals surface area contributed by atoms with E-state index in [2.05, 4.69) is 23.3 Å². The zero-order chi connectivity index (χ0) is 11.4. The van der Waals surface area contributed by atoms with Gasteiger partial charge in [0, 0.05) is 10.6 Å². The number of hydrogen-bond acceptors (Lipinski definition) is 3. The lowest BCUT2D eigenvalue weighted by atomic mass is 10.1. The maximum absolute atomic E-state index is 11.8. The van der Waals surface area contributed by atoms with Gasteiger partial charge in [0.05, 0.1) is 0 Å². The first-order valence-electron chi connectivity index (χ1n) is 5.25. The summed E-state index contributed by atoms with van der Waals surface area (Å²) in [6.07, 6.45) is 4.90. The Morgan fingerprint density at radius 1 is 1.38 bits per heavy atom. The van der Waals surface area contributed by atoms with Gasteiger partial charge in [-0.2, -0.15) is 0 Å². The Hall–Kier alpha value is -1.26. The van der Waals surface area contributed by atoms with Gasteiger partial charge in [-0.1, -0.05) is 12.2 Å². The minimum Gasteiger partial charge on any atom is -0.324 e. The number of anilines is 1. The zero-order valence-corrected chi connectivity index (χ0v) is 9.71. The molecule has 0 spiro atoms. The molecular formula is C12H14N2OS. The molecule has 1 aromatic carbocycles. The molecule has 1 aromatic rings. The highest BCUT2D eigenvalue weighted by Gasteiger charge is 2.16. The molecule has 1 atom stereocenters. The fraction of sp³-hybridized carbons (Fsp3) is 0.250. The van der Waals surface area contributed by atoms with Crippen molar-refractivity contribution in [1.82, 2.24) is 5.32 Å². The van der Waals surface area contributed by atoms with Crippen LogP contribution in [0.1, 0.15) is 6.42 Å². The minimum atomic E-state index is -0.218. The van der Waals surface area contributed by atoms with Crippen molar-refractivity contribution in [3.63, 3.8) is 0 Å². The van der Waals surface area contributed by atoms with E-state index in [0.29, 0.717) is 0 Å². The summed E-state index contributed by atoms with van der Waals surface area (Å²) in [5.41, 5.74) is 0.795. The number of nitrogens with one attached hydrogen (secondary N) is 2. The van der Waals surface area contributed by atoms with Crippen LogP contribution >= 0.6 is 12.6 Å². The Kier molecular flexibility index (Phi) is 3.64. The predicted octanol–water partition coefficient (Wildman–Crippen LogP) is 1.83. The second-order valence-corrected chi connectivity index (χ2v) is 4.20. The maximum Gasteiger partial charge on any atom is 0.245 e. The van der Waals surface area contributed by atoms with Gasteiger partial charge in [-0.05, 0) is 37.2 Å². The maximum atomic E-state index is 11.8. The van der Waals surface area contributed by atoms with Gasteiger partial charge in [0.25, 0.3) is 0 Å². The number of benzene rings is 1. The van der Waals surface area contributed by atoms with Crippen LogP contribution < -0.4 is 10.6 Å². The fourth-order valence-corrected chi connectivity index (χ4v) is 1.72. The molecule has 0 radical (unpaired) electrons. The van der Waals surface area contributed by atoms with Crippen molar-refractivity contribution in [2.75, 3.05) is 11.9 Å². The SMILES string of the molecule is O=C(Nc1ccc(S)cc1)C1C=CCCN1. The van der Waals surface area contributed by atoms with Crippen molar-refractivity contribution in [2.45, 2.75) is 17.4 Å². The van der Waals surface area contributed by atoms with E-state index in [1.807, 2.05) is 36.4 Å². The Morgan fingerprint density at radius 2 is 2.12 bits per heavy atom. The fourth-order valence-electron chi connectivity index (χ4n) is 1.57. The summed E-state index contributed by atoms with van der Waals surface area (Å²) in [5.74, 6) is -0.0251.